The number of nitrogen functional groups attached to an aromatic ring is 1. The van der Waals surface area contributed by atoms with Crippen LogP contribution in [0.15, 0.2) is 65.1 Å². The van der Waals surface area contributed by atoms with Crippen LogP contribution < -0.4 is 11.1 Å². The van der Waals surface area contributed by atoms with Gasteiger partial charge in [0.15, 0.2) is 0 Å². The van der Waals surface area contributed by atoms with Gasteiger partial charge in [-0.25, -0.2) is 0 Å². The minimum Gasteiger partial charge on any atom is -0.397 e. The highest BCUT2D eigenvalue weighted by molar-refractivity contribution is 9.10. The molecular formula is C17H13BrN2O. The summed E-state index contributed by atoms with van der Waals surface area (Å²) < 4.78 is 0.878. The second kappa shape index (κ2) is 5.58. The molecule has 3 N–H and O–H groups in total. The van der Waals surface area contributed by atoms with Gasteiger partial charge in [-0.3, -0.25) is 4.79 Å². The molecule has 1 amide bonds. The standard InChI is InChI=1S/C17H13BrN2O/c18-12-8-9-16(15(19)10-12)20-17(21)14-7-3-5-11-4-1-2-6-13(11)14/h1-10H,19H2,(H,20,21). The van der Waals surface area contributed by atoms with Crippen molar-refractivity contribution in [2.45, 2.75) is 0 Å². The molecule has 0 saturated heterocycles. The van der Waals surface area contributed by atoms with E-state index in [1.54, 1.807) is 12.1 Å². The number of anilines is 2. The van der Waals surface area contributed by atoms with Gasteiger partial charge in [0.25, 0.3) is 5.91 Å². The minimum atomic E-state index is -0.166. The summed E-state index contributed by atoms with van der Waals surface area (Å²) in [6.07, 6.45) is 0. The van der Waals surface area contributed by atoms with Crippen LogP contribution in [0.2, 0.25) is 0 Å². The van der Waals surface area contributed by atoms with Crippen LogP contribution in [0.3, 0.4) is 0 Å². The molecule has 0 bridgehead atoms. The summed E-state index contributed by atoms with van der Waals surface area (Å²) in [6.45, 7) is 0. The van der Waals surface area contributed by atoms with Crippen LogP contribution in [0.4, 0.5) is 11.4 Å². The normalized spacial score (nSPS) is 10.5. The lowest BCUT2D eigenvalue weighted by atomic mass is 10.0. The first-order valence-electron chi connectivity index (χ1n) is 6.49. The van der Waals surface area contributed by atoms with Crippen LogP contribution in [-0.2, 0) is 0 Å². The highest BCUT2D eigenvalue weighted by Crippen LogP contribution is 2.25. The molecule has 3 aromatic carbocycles. The molecule has 3 aromatic rings. The van der Waals surface area contributed by atoms with Crippen LogP contribution in [0.25, 0.3) is 10.8 Å². The zero-order valence-corrected chi connectivity index (χ0v) is 12.7. The molecule has 4 heteroatoms. The van der Waals surface area contributed by atoms with Crippen molar-refractivity contribution < 1.29 is 4.79 Å². The van der Waals surface area contributed by atoms with Gasteiger partial charge in [-0.1, -0.05) is 52.3 Å². The van der Waals surface area contributed by atoms with Crippen molar-refractivity contribution in [3.8, 4) is 0 Å². The second-order valence-corrected chi connectivity index (χ2v) is 5.63. The number of halogens is 1. The number of rotatable bonds is 2. The van der Waals surface area contributed by atoms with Crippen LogP contribution in [0, 0.1) is 0 Å². The van der Waals surface area contributed by atoms with Crippen molar-refractivity contribution in [1.29, 1.82) is 0 Å². The molecule has 0 aliphatic heterocycles. The van der Waals surface area contributed by atoms with Gasteiger partial charge < -0.3 is 11.1 Å². The number of nitrogens with one attached hydrogen (secondary N) is 1. The molecule has 0 atom stereocenters. The molecule has 0 aliphatic rings. The Hall–Kier alpha value is -2.33. The van der Waals surface area contributed by atoms with Gasteiger partial charge in [0.2, 0.25) is 0 Å². The number of carbonyl (C=O) groups is 1. The van der Waals surface area contributed by atoms with Gasteiger partial charge in [-0.2, -0.15) is 0 Å². The van der Waals surface area contributed by atoms with E-state index in [0.717, 1.165) is 15.2 Å². The zero-order valence-electron chi connectivity index (χ0n) is 11.1. The number of hydrogen-bond acceptors (Lipinski definition) is 2. The number of fused-ring (bicyclic) bond motifs is 1. The van der Waals surface area contributed by atoms with E-state index in [1.807, 2.05) is 48.5 Å². The highest BCUT2D eigenvalue weighted by atomic mass is 79.9. The number of hydrogen-bond donors (Lipinski definition) is 2. The Bertz CT molecular complexity index is 825. The summed E-state index contributed by atoms with van der Waals surface area (Å²) in [5.41, 5.74) is 7.68. The molecule has 0 aromatic heterocycles. The Morgan fingerprint density at radius 2 is 1.76 bits per heavy atom. The van der Waals surface area contributed by atoms with Crippen molar-refractivity contribution in [1.82, 2.24) is 0 Å². The molecular weight excluding hydrogens is 328 g/mol. The van der Waals surface area contributed by atoms with Gasteiger partial charge in [0, 0.05) is 10.0 Å². The maximum absolute atomic E-state index is 12.5. The van der Waals surface area contributed by atoms with Crippen molar-refractivity contribution in [3.05, 3.63) is 70.7 Å². The van der Waals surface area contributed by atoms with Gasteiger partial charge >= 0.3 is 0 Å². The molecule has 0 fully saturated rings. The average Bonchev–Trinajstić information content (AvgIpc) is 2.49. The Labute approximate surface area is 130 Å². The van der Waals surface area contributed by atoms with Crippen molar-refractivity contribution in [2.75, 3.05) is 11.1 Å². The fourth-order valence-corrected chi connectivity index (χ4v) is 2.64. The first-order valence-corrected chi connectivity index (χ1v) is 7.28. The molecule has 3 rings (SSSR count). The van der Waals surface area contributed by atoms with E-state index in [1.165, 1.54) is 0 Å². The van der Waals surface area contributed by atoms with E-state index in [9.17, 15) is 4.79 Å². The smallest absolute Gasteiger partial charge is 0.256 e. The summed E-state index contributed by atoms with van der Waals surface area (Å²) in [5.74, 6) is -0.166. The molecule has 104 valence electrons. The average molecular weight is 341 g/mol. The first-order chi connectivity index (χ1) is 10.1. The summed E-state index contributed by atoms with van der Waals surface area (Å²) in [4.78, 5) is 12.5. The van der Waals surface area contributed by atoms with Crippen molar-refractivity contribution >= 4 is 44.0 Å². The quantitative estimate of drug-likeness (QED) is 0.677. The number of carbonyl (C=O) groups excluding carboxylic acids is 1. The number of nitrogens with two attached hydrogens (primary N) is 1. The van der Waals surface area contributed by atoms with Gasteiger partial charge in [-0.05, 0) is 35.0 Å². The van der Waals surface area contributed by atoms with Crippen LogP contribution in [0.1, 0.15) is 10.4 Å². The summed E-state index contributed by atoms with van der Waals surface area (Å²) in [6, 6.07) is 18.9. The maximum atomic E-state index is 12.5. The highest BCUT2D eigenvalue weighted by Gasteiger charge is 2.11. The van der Waals surface area contributed by atoms with E-state index >= 15 is 0 Å². The molecule has 0 radical (unpaired) electrons. The molecule has 0 saturated carbocycles. The fourth-order valence-electron chi connectivity index (χ4n) is 2.26. The number of amides is 1. The van der Waals surface area contributed by atoms with Gasteiger partial charge in [-0.15, -0.1) is 0 Å². The van der Waals surface area contributed by atoms with Crippen LogP contribution in [0.5, 0.6) is 0 Å². The summed E-state index contributed by atoms with van der Waals surface area (Å²) in [7, 11) is 0. The topological polar surface area (TPSA) is 55.1 Å². The van der Waals surface area contributed by atoms with E-state index in [-0.39, 0.29) is 5.91 Å². The number of benzene rings is 3. The van der Waals surface area contributed by atoms with E-state index in [4.69, 9.17) is 5.73 Å². The van der Waals surface area contributed by atoms with Gasteiger partial charge in [0.1, 0.15) is 0 Å². The summed E-state index contributed by atoms with van der Waals surface area (Å²) in [5, 5.41) is 4.82. The molecule has 3 nitrogen and oxygen atoms in total. The Balaban J connectivity index is 1.97. The Kier molecular flexibility index (Phi) is 3.62. The van der Waals surface area contributed by atoms with E-state index in [2.05, 4.69) is 21.2 Å². The Morgan fingerprint density at radius 1 is 1.00 bits per heavy atom. The van der Waals surface area contributed by atoms with Crippen molar-refractivity contribution in [2.24, 2.45) is 0 Å². The summed E-state index contributed by atoms with van der Waals surface area (Å²) >= 11 is 3.35. The lowest BCUT2D eigenvalue weighted by molar-refractivity contribution is 0.102. The SMILES string of the molecule is Nc1cc(Br)ccc1NC(=O)c1cccc2ccccc12. The fraction of sp³-hybridized carbons (Fsp3) is 0. The second-order valence-electron chi connectivity index (χ2n) is 4.71. The first kappa shape index (κ1) is 13.6. The third-order valence-corrected chi connectivity index (χ3v) is 3.79. The molecule has 0 heterocycles. The van der Waals surface area contributed by atoms with E-state index in [0.29, 0.717) is 16.9 Å². The molecule has 0 aliphatic carbocycles. The predicted octanol–water partition coefficient (Wildman–Crippen LogP) is 4.44. The van der Waals surface area contributed by atoms with Crippen LogP contribution in [-0.4, -0.2) is 5.91 Å². The Morgan fingerprint density at radius 3 is 2.57 bits per heavy atom. The molecule has 0 unspecified atom stereocenters. The molecule has 21 heavy (non-hydrogen) atoms. The maximum Gasteiger partial charge on any atom is 0.256 e. The predicted molar refractivity (Wildman–Crippen MR) is 90.5 cm³/mol. The largest absolute Gasteiger partial charge is 0.397 e. The van der Waals surface area contributed by atoms with Crippen molar-refractivity contribution in [3.63, 3.8) is 0 Å². The minimum absolute atomic E-state index is 0.166. The lowest BCUT2D eigenvalue weighted by Gasteiger charge is -2.10. The lowest BCUT2D eigenvalue weighted by Crippen LogP contribution is -2.13. The van der Waals surface area contributed by atoms with Crippen LogP contribution >= 0.6 is 15.9 Å². The third-order valence-electron chi connectivity index (χ3n) is 3.30. The van der Waals surface area contributed by atoms with E-state index < -0.39 is 0 Å². The third kappa shape index (κ3) is 2.76. The zero-order chi connectivity index (χ0) is 14.8. The van der Waals surface area contributed by atoms with Gasteiger partial charge in [0.05, 0.1) is 11.4 Å². The molecule has 0 spiro atoms. The monoisotopic (exact) mass is 340 g/mol.